The van der Waals surface area contributed by atoms with Gasteiger partial charge in [0.25, 0.3) is 0 Å². The molecule has 0 aliphatic rings. The maximum absolute atomic E-state index is 5.02. The summed E-state index contributed by atoms with van der Waals surface area (Å²) in [5.41, 5.74) is 4.82. The second-order valence-corrected chi connectivity index (χ2v) is 4.58. The molecule has 0 unspecified atom stereocenters. The number of nitrogens with one attached hydrogen (secondary N) is 1. The first kappa shape index (κ1) is 14.9. The largest absolute Gasteiger partial charge is 0.383 e. The number of aromatic nitrogens is 2. The molecule has 0 atom stereocenters. The molecule has 0 bridgehead atoms. The molecule has 4 nitrogen and oxygen atoms in total. The van der Waals surface area contributed by atoms with Crippen molar-refractivity contribution in [3.63, 3.8) is 0 Å². The van der Waals surface area contributed by atoms with Crippen molar-refractivity contribution in [2.75, 3.05) is 20.3 Å². The van der Waals surface area contributed by atoms with Crippen LogP contribution < -0.4 is 5.32 Å². The van der Waals surface area contributed by atoms with Crippen LogP contribution in [0.15, 0.2) is 12.2 Å². The van der Waals surface area contributed by atoms with Gasteiger partial charge in [-0.05, 0) is 20.3 Å². The smallest absolute Gasteiger partial charge is 0.0641 e. The summed E-state index contributed by atoms with van der Waals surface area (Å²) in [6, 6.07) is 0. The van der Waals surface area contributed by atoms with Gasteiger partial charge in [-0.15, -0.1) is 0 Å². The third-order valence-electron chi connectivity index (χ3n) is 3.19. The van der Waals surface area contributed by atoms with Crippen LogP contribution in [0.5, 0.6) is 0 Å². The molecular weight excluding hydrogens is 226 g/mol. The van der Waals surface area contributed by atoms with Gasteiger partial charge in [-0.25, -0.2) is 0 Å². The van der Waals surface area contributed by atoms with E-state index in [0.717, 1.165) is 38.4 Å². The monoisotopic (exact) mass is 251 g/mol. The lowest BCUT2D eigenvalue weighted by atomic mass is 10.2. The molecule has 0 aliphatic heterocycles. The van der Waals surface area contributed by atoms with Crippen molar-refractivity contribution < 1.29 is 4.74 Å². The summed E-state index contributed by atoms with van der Waals surface area (Å²) in [6.45, 7) is 13.6. The zero-order valence-electron chi connectivity index (χ0n) is 12.0. The van der Waals surface area contributed by atoms with Crippen LogP contribution in [0, 0.1) is 13.8 Å². The molecule has 18 heavy (non-hydrogen) atoms. The molecule has 0 radical (unpaired) electrons. The predicted octanol–water partition coefficient (Wildman–Crippen LogP) is 2.20. The van der Waals surface area contributed by atoms with Gasteiger partial charge >= 0.3 is 0 Å². The fourth-order valence-electron chi connectivity index (χ4n) is 1.86. The van der Waals surface area contributed by atoms with E-state index in [2.05, 4.69) is 42.4 Å². The van der Waals surface area contributed by atoms with E-state index in [9.17, 15) is 0 Å². The average Bonchev–Trinajstić information content (AvgIpc) is 2.61. The van der Waals surface area contributed by atoms with E-state index >= 15 is 0 Å². The van der Waals surface area contributed by atoms with Crippen LogP contribution in [0.4, 0.5) is 0 Å². The standard InChI is InChI=1S/C14H25N3O/c1-6-11(2)10-17-13(4)14(12(3)16-17)9-15-7-8-18-5/h15H,2,6-10H2,1,3-5H3. The van der Waals surface area contributed by atoms with Gasteiger partial charge in [0, 0.05) is 31.5 Å². The Balaban J connectivity index is 2.65. The van der Waals surface area contributed by atoms with Crippen molar-refractivity contribution in [1.29, 1.82) is 0 Å². The molecule has 1 aromatic rings. The molecule has 1 heterocycles. The number of hydrogen-bond donors (Lipinski definition) is 1. The third-order valence-corrected chi connectivity index (χ3v) is 3.19. The SMILES string of the molecule is C=C(CC)Cn1nc(C)c(CNCCOC)c1C. The summed E-state index contributed by atoms with van der Waals surface area (Å²) in [5, 5.41) is 7.95. The molecule has 0 aromatic carbocycles. The van der Waals surface area contributed by atoms with Gasteiger partial charge in [0.15, 0.2) is 0 Å². The van der Waals surface area contributed by atoms with Crippen molar-refractivity contribution in [3.8, 4) is 0 Å². The Morgan fingerprint density at radius 1 is 1.44 bits per heavy atom. The van der Waals surface area contributed by atoms with Crippen molar-refractivity contribution in [2.45, 2.75) is 40.3 Å². The van der Waals surface area contributed by atoms with E-state index in [1.54, 1.807) is 7.11 Å². The highest BCUT2D eigenvalue weighted by Crippen LogP contribution is 2.14. The fraction of sp³-hybridized carbons (Fsp3) is 0.643. The molecule has 4 heteroatoms. The first-order chi connectivity index (χ1) is 8.60. The topological polar surface area (TPSA) is 39.1 Å². The highest BCUT2D eigenvalue weighted by molar-refractivity contribution is 5.24. The van der Waals surface area contributed by atoms with Crippen molar-refractivity contribution in [3.05, 3.63) is 29.1 Å². The Morgan fingerprint density at radius 2 is 2.17 bits per heavy atom. The van der Waals surface area contributed by atoms with Gasteiger partial charge < -0.3 is 10.1 Å². The lowest BCUT2D eigenvalue weighted by Gasteiger charge is -2.07. The summed E-state index contributed by atoms with van der Waals surface area (Å²) in [4.78, 5) is 0. The molecule has 1 rings (SSSR count). The number of nitrogens with zero attached hydrogens (tertiary/aromatic N) is 2. The van der Waals surface area contributed by atoms with Gasteiger partial charge in [0.2, 0.25) is 0 Å². The normalized spacial score (nSPS) is 10.9. The minimum atomic E-state index is 0.735. The minimum Gasteiger partial charge on any atom is -0.383 e. The van der Waals surface area contributed by atoms with Crippen LogP contribution in [-0.4, -0.2) is 30.0 Å². The molecular formula is C14H25N3O. The van der Waals surface area contributed by atoms with E-state index < -0.39 is 0 Å². The van der Waals surface area contributed by atoms with Gasteiger partial charge in [-0.3, -0.25) is 4.68 Å². The molecule has 0 spiro atoms. The maximum atomic E-state index is 5.02. The molecule has 0 saturated heterocycles. The lowest BCUT2D eigenvalue weighted by molar-refractivity contribution is 0.199. The Labute approximate surface area is 110 Å². The second kappa shape index (κ2) is 7.34. The van der Waals surface area contributed by atoms with Crippen LogP contribution in [0.25, 0.3) is 0 Å². The molecule has 0 amide bonds. The summed E-state index contributed by atoms with van der Waals surface area (Å²) >= 11 is 0. The molecule has 1 N–H and O–H groups in total. The first-order valence-corrected chi connectivity index (χ1v) is 6.49. The molecule has 0 aliphatic carbocycles. The Hall–Kier alpha value is -1.13. The Kier molecular flexibility index (Phi) is 6.09. The number of ether oxygens (including phenoxy) is 1. The summed E-state index contributed by atoms with van der Waals surface area (Å²) in [5.74, 6) is 0. The molecule has 0 saturated carbocycles. The van der Waals surface area contributed by atoms with Crippen molar-refractivity contribution >= 4 is 0 Å². The van der Waals surface area contributed by atoms with Gasteiger partial charge in [0.05, 0.1) is 18.8 Å². The number of allylic oxidation sites excluding steroid dienone is 1. The van der Waals surface area contributed by atoms with E-state index in [-0.39, 0.29) is 0 Å². The first-order valence-electron chi connectivity index (χ1n) is 6.49. The number of hydrogen-bond acceptors (Lipinski definition) is 3. The number of rotatable bonds is 8. The molecule has 102 valence electrons. The summed E-state index contributed by atoms with van der Waals surface area (Å²) in [7, 11) is 1.71. The fourth-order valence-corrected chi connectivity index (χ4v) is 1.86. The van der Waals surface area contributed by atoms with Gasteiger partial charge in [0.1, 0.15) is 0 Å². The quantitative estimate of drug-likeness (QED) is 0.568. The summed E-state index contributed by atoms with van der Waals surface area (Å²) in [6.07, 6.45) is 1.000. The van der Waals surface area contributed by atoms with E-state index in [1.807, 2.05) is 0 Å². The van der Waals surface area contributed by atoms with Gasteiger partial charge in [-0.2, -0.15) is 5.10 Å². The van der Waals surface area contributed by atoms with Crippen molar-refractivity contribution in [1.82, 2.24) is 15.1 Å². The van der Waals surface area contributed by atoms with Crippen LogP contribution in [0.3, 0.4) is 0 Å². The average molecular weight is 251 g/mol. The summed E-state index contributed by atoms with van der Waals surface area (Å²) < 4.78 is 7.07. The van der Waals surface area contributed by atoms with Crippen LogP contribution in [-0.2, 0) is 17.8 Å². The third kappa shape index (κ3) is 3.96. The van der Waals surface area contributed by atoms with Crippen LogP contribution >= 0.6 is 0 Å². The van der Waals surface area contributed by atoms with Gasteiger partial charge in [-0.1, -0.05) is 19.1 Å². The Bertz CT molecular complexity index is 396. The van der Waals surface area contributed by atoms with Crippen molar-refractivity contribution in [2.24, 2.45) is 0 Å². The zero-order valence-corrected chi connectivity index (χ0v) is 12.0. The van der Waals surface area contributed by atoms with E-state index in [0.29, 0.717) is 0 Å². The molecule has 0 fully saturated rings. The van der Waals surface area contributed by atoms with Crippen LogP contribution in [0.1, 0.15) is 30.3 Å². The lowest BCUT2D eigenvalue weighted by Crippen LogP contribution is -2.19. The highest BCUT2D eigenvalue weighted by atomic mass is 16.5. The Morgan fingerprint density at radius 3 is 2.78 bits per heavy atom. The van der Waals surface area contributed by atoms with E-state index in [4.69, 9.17) is 4.74 Å². The zero-order chi connectivity index (χ0) is 13.5. The number of aryl methyl sites for hydroxylation is 1. The maximum Gasteiger partial charge on any atom is 0.0641 e. The minimum absolute atomic E-state index is 0.735. The number of methoxy groups -OCH3 is 1. The predicted molar refractivity (Wildman–Crippen MR) is 74.7 cm³/mol. The van der Waals surface area contributed by atoms with Crippen LogP contribution in [0.2, 0.25) is 0 Å². The highest BCUT2D eigenvalue weighted by Gasteiger charge is 2.11. The molecule has 1 aromatic heterocycles. The second-order valence-electron chi connectivity index (χ2n) is 4.58. The van der Waals surface area contributed by atoms with E-state index in [1.165, 1.54) is 16.8 Å².